The lowest BCUT2D eigenvalue weighted by Gasteiger charge is -2.14. The van der Waals surface area contributed by atoms with Crippen LogP contribution in [0.4, 0.5) is 0 Å². The van der Waals surface area contributed by atoms with Gasteiger partial charge in [0.1, 0.15) is 0 Å². The minimum absolute atomic E-state index is 0.175. The fourth-order valence-electron chi connectivity index (χ4n) is 3.17. The molecule has 1 unspecified atom stereocenters. The van der Waals surface area contributed by atoms with Gasteiger partial charge in [-0.2, -0.15) is 0 Å². The Morgan fingerprint density at radius 1 is 1.32 bits per heavy atom. The number of aromatic carboxylic acids is 1. The number of nitrogens with zero attached hydrogens (tertiary/aromatic N) is 1. The lowest BCUT2D eigenvalue weighted by molar-refractivity contribution is 0.0697. The fourth-order valence-corrected chi connectivity index (χ4v) is 3.17. The molecule has 1 atom stereocenters. The number of aromatic nitrogens is 1. The Morgan fingerprint density at radius 2 is 1.95 bits per heavy atom. The van der Waals surface area contributed by atoms with Crippen LogP contribution in [-0.2, 0) is 6.54 Å². The van der Waals surface area contributed by atoms with E-state index in [1.165, 1.54) is 0 Å². The van der Waals surface area contributed by atoms with E-state index in [9.17, 15) is 15.0 Å². The number of aliphatic hydroxyl groups is 1. The molecule has 0 saturated heterocycles. The molecule has 0 aliphatic carbocycles. The van der Waals surface area contributed by atoms with Gasteiger partial charge in [-0.05, 0) is 37.5 Å². The molecular formula is C17H24N2O3. The van der Waals surface area contributed by atoms with Crippen molar-refractivity contribution in [2.45, 2.75) is 46.3 Å². The highest BCUT2D eigenvalue weighted by molar-refractivity contribution is 5.97. The number of rotatable bonds is 5. The zero-order chi connectivity index (χ0) is 16.6. The highest BCUT2D eigenvalue weighted by Crippen LogP contribution is 2.36. The van der Waals surface area contributed by atoms with Crippen LogP contribution in [-0.4, -0.2) is 27.3 Å². The van der Waals surface area contributed by atoms with E-state index in [1.807, 2.05) is 20.8 Å². The Balaban J connectivity index is 2.96. The van der Waals surface area contributed by atoms with E-state index in [0.717, 1.165) is 27.7 Å². The molecular weight excluding hydrogens is 280 g/mol. The third-order valence-electron chi connectivity index (χ3n) is 4.13. The van der Waals surface area contributed by atoms with Crippen LogP contribution in [0.3, 0.4) is 0 Å². The van der Waals surface area contributed by atoms with Gasteiger partial charge in [0.05, 0.1) is 17.2 Å². The van der Waals surface area contributed by atoms with Crippen LogP contribution in [0.25, 0.3) is 10.9 Å². The summed E-state index contributed by atoms with van der Waals surface area (Å²) in [6, 6.07) is 3.39. The van der Waals surface area contributed by atoms with Crippen LogP contribution in [0.2, 0.25) is 0 Å². The Bertz CT molecular complexity index is 714. The van der Waals surface area contributed by atoms with E-state index in [-0.39, 0.29) is 11.5 Å². The van der Waals surface area contributed by atoms with Gasteiger partial charge in [-0.1, -0.05) is 13.8 Å². The van der Waals surface area contributed by atoms with Crippen molar-refractivity contribution in [1.82, 2.24) is 4.57 Å². The molecule has 120 valence electrons. The zero-order valence-electron chi connectivity index (χ0n) is 13.6. The van der Waals surface area contributed by atoms with Crippen LogP contribution in [0.1, 0.15) is 60.0 Å². The van der Waals surface area contributed by atoms with Crippen LogP contribution in [0.15, 0.2) is 12.1 Å². The molecule has 0 saturated carbocycles. The lowest BCUT2D eigenvalue weighted by Crippen LogP contribution is -2.12. The van der Waals surface area contributed by atoms with Crippen molar-refractivity contribution in [3.05, 3.63) is 34.5 Å². The van der Waals surface area contributed by atoms with E-state index >= 15 is 0 Å². The zero-order valence-corrected chi connectivity index (χ0v) is 13.6. The molecule has 2 rings (SSSR count). The van der Waals surface area contributed by atoms with Gasteiger partial charge in [0.15, 0.2) is 0 Å². The maximum Gasteiger partial charge on any atom is 0.335 e. The summed E-state index contributed by atoms with van der Waals surface area (Å²) in [6.45, 7) is 8.86. The first-order chi connectivity index (χ1) is 10.3. The summed E-state index contributed by atoms with van der Waals surface area (Å²) in [5, 5.41) is 20.3. The van der Waals surface area contributed by atoms with Gasteiger partial charge in [0.25, 0.3) is 0 Å². The summed E-state index contributed by atoms with van der Waals surface area (Å²) in [6.07, 6.45) is -0.661. The first kappa shape index (κ1) is 16.5. The molecule has 0 aliphatic rings. The molecule has 5 heteroatoms. The summed E-state index contributed by atoms with van der Waals surface area (Å²) < 4.78 is 2.10. The largest absolute Gasteiger partial charge is 0.478 e. The van der Waals surface area contributed by atoms with Gasteiger partial charge in [0, 0.05) is 29.7 Å². The summed E-state index contributed by atoms with van der Waals surface area (Å²) in [7, 11) is 0. The van der Waals surface area contributed by atoms with E-state index in [0.29, 0.717) is 13.1 Å². The molecule has 0 fully saturated rings. The van der Waals surface area contributed by atoms with Crippen molar-refractivity contribution in [3.8, 4) is 0 Å². The van der Waals surface area contributed by atoms with Crippen LogP contribution >= 0.6 is 0 Å². The molecule has 2 aromatic rings. The monoisotopic (exact) mass is 304 g/mol. The van der Waals surface area contributed by atoms with Crippen molar-refractivity contribution >= 4 is 16.9 Å². The van der Waals surface area contributed by atoms with Crippen molar-refractivity contribution in [2.24, 2.45) is 5.73 Å². The highest BCUT2D eigenvalue weighted by atomic mass is 16.4. The number of nitrogens with two attached hydrogens (primary N) is 1. The van der Waals surface area contributed by atoms with Crippen molar-refractivity contribution < 1.29 is 15.0 Å². The van der Waals surface area contributed by atoms with Gasteiger partial charge >= 0.3 is 5.97 Å². The Labute approximate surface area is 130 Å². The molecule has 5 nitrogen and oxygen atoms in total. The summed E-state index contributed by atoms with van der Waals surface area (Å²) >= 11 is 0. The molecule has 22 heavy (non-hydrogen) atoms. The molecule has 0 radical (unpaired) electrons. The summed E-state index contributed by atoms with van der Waals surface area (Å²) in [5.41, 5.74) is 9.67. The Hall–Kier alpha value is -1.85. The van der Waals surface area contributed by atoms with Gasteiger partial charge < -0.3 is 20.5 Å². The van der Waals surface area contributed by atoms with E-state index < -0.39 is 12.1 Å². The first-order valence-corrected chi connectivity index (χ1v) is 7.57. The predicted molar refractivity (Wildman–Crippen MR) is 87.4 cm³/mol. The number of hydrogen-bond donors (Lipinski definition) is 3. The molecule has 4 N–H and O–H groups in total. The average Bonchev–Trinajstić information content (AvgIpc) is 2.70. The molecule has 0 amide bonds. The first-order valence-electron chi connectivity index (χ1n) is 7.57. The van der Waals surface area contributed by atoms with Crippen LogP contribution < -0.4 is 5.73 Å². The minimum atomic E-state index is -0.954. The summed E-state index contributed by atoms with van der Waals surface area (Å²) in [4.78, 5) is 11.4. The Morgan fingerprint density at radius 3 is 2.41 bits per heavy atom. The second-order valence-corrected chi connectivity index (χ2v) is 6.04. The fraction of sp³-hybridized carbons (Fsp3) is 0.471. The maximum absolute atomic E-state index is 11.4. The van der Waals surface area contributed by atoms with Gasteiger partial charge in [-0.3, -0.25) is 0 Å². The molecule has 1 aromatic carbocycles. The molecule has 0 bridgehead atoms. The molecule has 1 heterocycles. The third-order valence-corrected chi connectivity index (χ3v) is 4.13. The molecule has 0 spiro atoms. The van der Waals surface area contributed by atoms with Crippen LogP contribution in [0, 0.1) is 6.92 Å². The standard InChI is InChI=1S/C17H24N2O3/c1-9(2)13-7-12(17(21)22)8-14-15(11(4)20)10(3)19(6-5-18)16(13)14/h7-9,11,20H,5-6,18H2,1-4H3,(H,21,22). The second kappa shape index (κ2) is 6.10. The van der Waals surface area contributed by atoms with Crippen molar-refractivity contribution in [2.75, 3.05) is 6.54 Å². The van der Waals surface area contributed by atoms with Gasteiger partial charge in [-0.25, -0.2) is 4.79 Å². The second-order valence-electron chi connectivity index (χ2n) is 6.04. The number of carboxylic acid groups (broad SMARTS) is 1. The predicted octanol–water partition coefficient (Wildman–Crippen LogP) is 2.78. The SMILES string of the molecule is Cc1c(C(C)O)c2cc(C(=O)O)cc(C(C)C)c2n1CCN. The lowest BCUT2D eigenvalue weighted by atomic mass is 9.95. The van der Waals surface area contributed by atoms with Gasteiger partial charge in [-0.15, -0.1) is 0 Å². The highest BCUT2D eigenvalue weighted by Gasteiger charge is 2.22. The average molecular weight is 304 g/mol. The third kappa shape index (κ3) is 2.62. The van der Waals surface area contributed by atoms with E-state index in [4.69, 9.17) is 5.73 Å². The summed E-state index contributed by atoms with van der Waals surface area (Å²) in [5.74, 6) is -0.779. The number of fused-ring (bicyclic) bond motifs is 1. The van der Waals surface area contributed by atoms with E-state index in [1.54, 1.807) is 19.1 Å². The number of benzene rings is 1. The quantitative estimate of drug-likeness (QED) is 0.792. The number of hydrogen-bond acceptors (Lipinski definition) is 3. The normalized spacial score (nSPS) is 13.0. The van der Waals surface area contributed by atoms with Crippen molar-refractivity contribution in [3.63, 3.8) is 0 Å². The van der Waals surface area contributed by atoms with Gasteiger partial charge in [0.2, 0.25) is 0 Å². The van der Waals surface area contributed by atoms with Crippen LogP contribution in [0.5, 0.6) is 0 Å². The molecule has 1 aromatic heterocycles. The number of aliphatic hydroxyl groups excluding tert-OH is 1. The van der Waals surface area contributed by atoms with E-state index in [2.05, 4.69) is 4.57 Å². The number of carbonyl (C=O) groups is 1. The minimum Gasteiger partial charge on any atom is -0.478 e. The molecule has 0 aliphatic heterocycles. The number of carboxylic acids is 1. The smallest absolute Gasteiger partial charge is 0.335 e. The maximum atomic E-state index is 11.4. The van der Waals surface area contributed by atoms with Crippen molar-refractivity contribution in [1.29, 1.82) is 0 Å². The topological polar surface area (TPSA) is 88.5 Å². The Kier molecular flexibility index (Phi) is 4.58.